The average Bonchev–Trinajstić information content (AvgIpc) is 2.62. The van der Waals surface area contributed by atoms with Crippen molar-refractivity contribution < 1.29 is 4.39 Å². The molecule has 0 bridgehead atoms. The van der Waals surface area contributed by atoms with Crippen molar-refractivity contribution in [2.45, 2.75) is 6.67 Å². The molecule has 0 aliphatic heterocycles. The molecule has 128 valence electrons. The Hall–Kier alpha value is -2.86. The molecule has 0 atom stereocenters. The number of alkyl halides is 1. The number of hydrogen-bond acceptors (Lipinski definition) is 4. The molecule has 3 rings (SSSR count). The molecular formula is C19H15BClFN4. The highest BCUT2D eigenvalue weighted by Crippen LogP contribution is 2.32. The molecule has 1 aromatic heterocycles. The zero-order valence-corrected chi connectivity index (χ0v) is 14.5. The molecule has 1 heterocycles. The van der Waals surface area contributed by atoms with Gasteiger partial charge in [0, 0.05) is 22.4 Å². The number of halogens is 2. The maximum atomic E-state index is 13.7. The van der Waals surface area contributed by atoms with Gasteiger partial charge in [0.2, 0.25) is 0 Å². The van der Waals surface area contributed by atoms with E-state index in [2.05, 4.69) is 9.97 Å². The fraction of sp³-hybridized carbons (Fsp3) is 0.0526. The smallest absolute Gasteiger partial charge is 0.163 e. The minimum Gasteiger partial charge on any atom is -0.404 e. The molecule has 0 saturated carbocycles. The van der Waals surface area contributed by atoms with Crippen LogP contribution in [0.5, 0.6) is 0 Å². The van der Waals surface area contributed by atoms with E-state index in [-0.39, 0.29) is 17.3 Å². The van der Waals surface area contributed by atoms with Crippen LogP contribution in [0.4, 0.5) is 10.2 Å². The van der Waals surface area contributed by atoms with Crippen LogP contribution >= 0.6 is 11.6 Å². The standard InChI is InChI=1S/C19H15BClFN4/c20-13-5-1-3-11(7-13)15(10-23)19-25-16(9-22)17(18(24)26-19)12-4-2-6-14(21)8-12/h1-8,10H,9,23H2,(H2,24,25,26). The minimum absolute atomic E-state index is 0.146. The third-order valence-corrected chi connectivity index (χ3v) is 4.09. The summed E-state index contributed by atoms with van der Waals surface area (Å²) in [6, 6.07) is 14.0. The lowest BCUT2D eigenvalue weighted by atomic mass is 9.92. The van der Waals surface area contributed by atoms with Crippen LogP contribution in [0.3, 0.4) is 0 Å². The molecule has 0 amide bonds. The molecule has 7 heteroatoms. The van der Waals surface area contributed by atoms with Crippen LogP contribution in [-0.2, 0) is 6.67 Å². The lowest BCUT2D eigenvalue weighted by Crippen LogP contribution is -2.09. The van der Waals surface area contributed by atoms with Crippen molar-refractivity contribution in [2.75, 3.05) is 5.73 Å². The average molecular weight is 365 g/mol. The van der Waals surface area contributed by atoms with Crippen molar-refractivity contribution >= 4 is 36.3 Å². The second kappa shape index (κ2) is 7.58. The van der Waals surface area contributed by atoms with Crippen LogP contribution in [0, 0.1) is 0 Å². The summed E-state index contributed by atoms with van der Waals surface area (Å²) < 4.78 is 13.7. The number of aromatic nitrogens is 2. The summed E-state index contributed by atoms with van der Waals surface area (Å²) in [5.41, 5.74) is 14.9. The summed E-state index contributed by atoms with van der Waals surface area (Å²) in [6.45, 7) is -0.809. The number of anilines is 1. The van der Waals surface area contributed by atoms with Crippen molar-refractivity contribution in [1.82, 2.24) is 9.97 Å². The van der Waals surface area contributed by atoms with Gasteiger partial charge in [0.25, 0.3) is 0 Å². The third kappa shape index (κ3) is 3.55. The van der Waals surface area contributed by atoms with Crippen molar-refractivity contribution in [3.63, 3.8) is 0 Å². The zero-order chi connectivity index (χ0) is 18.7. The second-order valence-electron chi connectivity index (χ2n) is 5.60. The van der Waals surface area contributed by atoms with Crippen LogP contribution < -0.4 is 16.9 Å². The Balaban J connectivity index is 2.15. The molecule has 0 fully saturated rings. The number of nitrogens with two attached hydrogens (primary N) is 2. The number of nitrogen functional groups attached to an aromatic ring is 1. The predicted octanol–water partition coefficient (Wildman–Crippen LogP) is 2.99. The van der Waals surface area contributed by atoms with Gasteiger partial charge >= 0.3 is 0 Å². The summed E-state index contributed by atoms with van der Waals surface area (Å²) in [7, 11) is 5.82. The monoisotopic (exact) mass is 364 g/mol. The maximum absolute atomic E-state index is 13.7. The minimum atomic E-state index is -0.809. The molecule has 0 saturated heterocycles. The second-order valence-corrected chi connectivity index (χ2v) is 6.04. The Kier molecular flexibility index (Phi) is 5.23. The number of rotatable bonds is 4. The quantitative estimate of drug-likeness (QED) is 0.698. The molecule has 0 spiro atoms. The summed E-state index contributed by atoms with van der Waals surface area (Å²) in [6.07, 6.45) is 1.35. The van der Waals surface area contributed by atoms with E-state index < -0.39 is 6.67 Å². The lowest BCUT2D eigenvalue weighted by Gasteiger charge is -2.14. The van der Waals surface area contributed by atoms with Crippen LogP contribution in [0.15, 0.2) is 54.7 Å². The van der Waals surface area contributed by atoms with Gasteiger partial charge in [-0.15, -0.1) is 0 Å². The number of nitrogens with zero attached hydrogens (tertiary/aromatic N) is 2. The first-order chi connectivity index (χ1) is 12.5. The Labute approximate surface area is 157 Å². The van der Waals surface area contributed by atoms with Gasteiger partial charge in [-0.3, -0.25) is 0 Å². The molecule has 0 unspecified atom stereocenters. The molecule has 2 radical (unpaired) electrons. The summed E-state index contributed by atoms with van der Waals surface area (Å²) in [5, 5.41) is 0.512. The highest BCUT2D eigenvalue weighted by atomic mass is 35.5. The normalized spacial score (nSPS) is 11.5. The highest BCUT2D eigenvalue weighted by molar-refractivity contribution is 6.32. The van der Waals surface area contributed by atoms with E-state index in [9.17, 15) is 4.39 Å². The first kappa shape index (κ1) is 18.0. The van der Waals surface area contributed by atoms with Crippen molar-refractivity contribution in [3.05, 3.63) is 76.8 Å². The van der Waals surface area contributed by atoms with E-state index in [1.807, 2.05) is 6.07 Å². The summed E-state index contributed by atoms with van der Waals surface area (Å²) in [4.78, 5) is 8.67. The third-order valence-electron chi connectivity index (χ3n) is 3.86. The zero-order valence-electron chi connectivity index (χ0n) is 13.8. The van der Waals surface area contributed by atoms with E-state index in [0.717, 1.165) is 0 Å². The molecule has 26 heavy (non-hydrogen) atoms. The summed E-state index contributed by atoms with van der Waals surface area (Å²) >= 11 is 6.03. The molecule has 0 aliphatic rings. The van der Waals surface area contributed by atoms with Gasteiger partial charge in [-0.25, -0.2) is 14.4 Å². The first-order valence-electron chi connectivity index (χ1n) is 7.80. The SMILES string of the molecule is [B]c1cccc(C(=CN)c2nc(N)c(-c3cccc(Cl)c3)c(CF)n2)c1. The van der Waals surface area contributed by atoms with Gasteiger partial charge in [0.05, 0.1) is 5.69 Å². The topological polar surface area (TPSA) is 77.8 Å². The largest absolute Gasteiger partial charge is 0.404 e. The molecule has 4 nitrogen and oxygen atoms in total. The Morgan fingerprint density at radius 1 is 1.15 bits per heavy atom. The molecule has 2 aromatic carbocycles. The van der Waals surface area contributed by atoms with Crippen molar-refractivity contribution in [2.24, 2.45) is 5.73 Å². The van der Waals surface area contributed by atoms with Crippen LogP contribution in [0.2, 0.25) is 5.02 Å². The van der Waals surface area contributed by atoms with Gasteiger partial charge in [-0.2, -0.15) is 0 Å². The van der Waals surface area contributed by atoms with Crippen molar-refractivity contribution in [1.29, 1.82) is 0 Å². The van der Waals surface area contributed by atoms with E-state index in [1.54, 1.807) is 42.5 Å². The van der Waals surface area contributed by atoms with Crippen LogP contribution in [0.25, 0.3) is 16.7 Å². The maximum Gasteiger partial charge on any atom is 0.163 e. The Morgan fingerprint density at radius 2 is 1.92 bits per heavy atom. The fourth-order valence-electron chi connectivity index (χ4n) is 2.71. The molecular weight excluding hydrogens is 350 g/mol. The molecule has 4 N–H and O–H groups in total. The first-order valence-corrected chi connectivity index (χ1v) is 8.17. The van der Waals surface area contributed by atoms with Gasteiger partial charge in [-0.1, -0.05) is 53.5 Å². The van der Waals surface area contributed by atoms with Gasteiger partial charge < -0.3 is 11.5 Å². The van der Waals surface area contributed by atoms with Crippen molar-refractivity contribution in [3.8, 4) is 11.1 Å². The van der Waals surface area contributed by atoms with E-state index in [4.69, 9.17) is 30.9 Å². The van der Waals surface area contributed by atoms with E-state index in [1.165, 1.54) is 6.20 Å². The van der Waals surface area contributed by atoms with E-state index in [0.29, 0.717) is 32.7 Å². The molecule has 0 aliphatic carbocycles. The van der Waals surface area contributed by atoms with Gasteiger partial charge in [0.1, 0.15) is 20.3 Å². The lowest BCUT2D eigenvalue weighted by molar-refractivity contribution is 0.476. The molecule has 3 aromatic rings. The van der Waals surface area contributed by atoms with Gasteiger partial charge in [0.15, 0.2) is 5.82 Å². The van der Waals surface area contributed by atoms with Crippen LogP contribution in [0.1, 0.15) is 17.1 Å². The fourth-order valence-corrected chi connectivity index (χ4v) is 2.90. The van der Waals surface area contributed by atoms with Gasteiger partial charge in [-0.05, 0) is 23.3 Å². The number of benzene rings is 2. The number of hydrogen-bond donors (Lipinski definition) is 2. The van der Waals surface area contributed by atoms with Crippen LogP contribution in [-0.4, -0.2) is 17.8 Å². The Morgan fingerprint density at radius 3 is 2.58 bits per heavy atom. The predicted molar refractivity (Wildman–Crippen MR) is 105 cm³/mol. The van der Waals surface area contributed by atoms with E-state index >= 15 is 0 Å². The Bertz CT molecular complexity index is 991. The highest BCUT2D eigenvalue weighted by Gasteiger charge is 2.17. The summed E-state index contributed by atoms with van der Waals surface area (Å²) in [5.74, 6) is 0.377.